The number of hydrogen-bond donors (Lipinski definition) is 1. The average molecular weight is 545 g/mol. The van der Waals surface area contributed by atoms with E-state index in [0.29, 0.717) is 35.0 Å². The van der Waals surface area contributed by atoms with E-state index in [0.717, 1.165) is 16.3 Å². The van der Waals surface area contributed by atoms with E-state index < -0.39 is 18.0 Å². The summed E-state index contributed by atoms with van der Waals surface area (Å²) in [7, 11) is 0. The monoisotopic (exact) mass is 544 g/mol. The van der Waals surface area contributed by atoms with Gasteiger partial charge in [0.2, 0.25) is 0 Å². The van der Waals surface area contributed by atoms with E-state index in [4.69, 9.17) is 14.2 Å². The molecule has 1 unspecified atom stereocenters. The van der Waals surface area contributed by atoms with Gasteiger partial charge in [-0.05, 0) is 65.7 Å². The van der Waals surface area contributed by atoms with Crippen molar-refractivity contribution < 1.29 is 23.8 Å². The van der Waals surface area contributed by atoms with Crippen LogP contribution in [0.2, 0.25) is 0 Å². The lowest BCUT2D eigenvalue weighted by Crippen LogP contribution is -2.33. The van der Waals surface area contributed by atoms with Crippen LogP contribution in [0.15, 0.2) is 126 Å². The molecule has 1 amide bonds. The third-order valence-corrected chi connectivity index (χ3v) is 6.27. The van der Waals surface area contributed by atoms with E-state index in [-0.39, 0.29) is 0 Å². The van der Waals surface area contributed by atoms with Gasteiger partial charge >= 0.3 is 5.97 Å². The predicted octanol–water partition coefficient (Wildman–Crippen LogP) is 6.56. The largest absolute Gasteiger partial charge is 0.489 e. The standard InChI is InChI=1S/C34H28N2O5/c1-24(40-29-19-17-28(18-20-29)39-23-25-10-4-2-5-11-25)33(37)36-35-22-31-30-15-9-8-12-26(30)16-21-32(31)41-34(38)27-13-6-3-7-14-27/h2-22,24H,23H2,1H3,(H,36,37). The molecule has 0 saturated carbocycles. The van der Waals surface area contributed by atoms with Gasteiger partial charge in [-0.25, -0.2) is 10.2 Å². The second-order valence-corrected chi connectivity index (χ2v) is 9.19. The Balaban J connectivity index is 1.22. The Morgan fingerprint density at radius 1 is 0.780 bits per heavy atom. The van der Waals surface area contributed by atoms with Gasteiger partial charge in [0.25, 0.3) is 5.91 Å². The highest BCUT2D eigenvalue weighted by Gasteiger charge is 2.16. The van der Waals surface area contributed by atoms with Crippen LogP contribution in [0.25, 0.3) is 10.8 Å². The maximum Gasteiger partial charge on any atom is 0.343 e. The van der Waals surface area contributed by atoms with Crippen LogP contribution in [0.1, 0.15) is 28.4 Å². The Morgan fingerprint density at radius 2 is 1.44 bits per heavy atom. The van der Waals surface area contributed by atoms with Crippen molar-refractivity contribution in [2.24, 2.45) is 5.10 Å². The summed E-state index contributed by atoms with van der Waals surface area (Å²) in [5.41, 5.74) is 4.58. The number of hydrogen-bond acceptors (Lipinski definition) is 6. The summed E-state index contributed by atoms with van der Waals surface area (Å²) in [5, 5.41) is 5.91. The van der Waals surface area contributed by atoms with Crippen molar-refractivity contribution in [3.05, 3.63) is 138 Å². The molecule has 0 aliphatic rings. The van der Waals surface area contributed by atoms with Crippen molar-refractivity contribution in [1.29, 1.82) is 0 Å². The Hall–Kier alpha value is -5.43. The molecule has 7 nitrogen and oxygen atoms in total. The minimum atomic E-state index is -0.814. The van der Waals surface area contributed by atoms with Gasteiger partial charge in [0.1, 0.15) is 23.9 Å². The zero-order chi connectivity index (χ0) is 28.4. The maximum absolute atomic E-state index is 12.7. The lowest BCUT2D eigenvalue weighted by molar-refractivity contribution is -0.127. The lowest BCUT2D eigenvalue weighted by atomic mass is 10.0. The smallest absolute Gasteiger partial charge is 0.343 e. The zero-order valence-corrected chi connectivity index (χ0v) is 22.4. The van der Waals surface area contributed by atoms with Crippen LogP contribution < -0.4 is 19.6 Å². The van der Waals surface area contributed by atoms with Crippen LogP contribution in [0.4, 0.5) is 0 Å². The van der Waals surface area contributed by atoms with E-state index in [9.17, 15) is 9.59 Å². The van der Waals surface area contributed by atoms with Crippen LogP contribution in [0, 0.1) is 0 Å². The second kappa shape index (κ2) is 13.1. The van der Waals surface area contributed by atoms with Gasteiger partial charge in [0, 0.05) is 5.56 Å². The van der Waals surface area contributed by atoms with Gasteiger partial charge in [-0.2, -0.15) is 5.10 Å². The molecule has 5 aromatic rings. The van der Waals surface area contributed by atoms with Gasteiger partial charge in [-0.3, -0.25) is 4.79 Å². The van der Waals surface area contributed by atoms with Gasteiger partial charge in [0.15, 0.2) is 6.10 Å². The molecule has 204 valence electrons. The van der Waals surface area contributed by atoms with Gasteiger partial charge in [-0.15, -0.1) is 0 Å². The van der Waals surface area contributed by atoms with Crippen molar-refractivity contribution in [3.8, 4) is 17.2 Å². The summed E-state index contributed by atoms with van der Waals surface area (Å²) in [4.78, 5) is 25.4. The molecule has 0 fully saturated rings. The van der Waals surface area contributed by atoms with E-state index in [1.165, 1.54) is 6.21 Å². The molecule has 0 spiro atoms. The molecule has 0 aliphatic carbocycles. The number of fused-ring (bicyclic) bond motifs is 1. The fourth-order valence-electron chi connectivity index (χ4n) is 4.10. The molecule has 41 heavy (non-hydrogen) atoms. The summed E-state index contributed by atoms with van der Waals surface area (Å²) in [6.45, 7) is 2.09. The first kappa shape index (κ1) is 27.1. The fraction of sp³-hybridized carbons (Fsp3) is 0.0882. The quantitative estimate of drug-likeness (QED) is 0.0932. The van der Waals surface area contributed by atoms with E-state index in [1.807, 2.05) is 66.7 Å². The molecule has 5 aromatic carbocycles. The summed E-state index contributed by atoms with van der Waals surface area (Å²) in [6.07, 6.45) is 0.658. The number of esters is 1. The number of carbonyl (C=O) groups excluding carboxylic acids is 2. The molecule has 0 aliphatic heterocycles. The van der Waals surface area contributed by atoms with Crippen molar-refractivity contribution >= 4 is 28.9 Å². The number of nitrogens with zero attached hydrogens (tertiary/aromatic N) is 1. The highest BCUT2D eigenvalue weighted by atomic mass is 16.5. The minimum absolute atomic E-state index is 0.328. The first-order valence-corrected chi connectivity index (χ1v) is 13.1. The minimum Gasteiger partial charge on any atom is -0.489 e. The molecule has 0 bridgehead atoms. The SMILES string of the molecule is CC(Oc1ccc(OCc2ccccc2)cc1)C(=O)NN=Cc1c(OC(=O)c2ccccc2)ccc2ccccc12. The Morgan fingerprint density at radius 3 is 2.20 bits per heavy atom. The fourth-order valence-corrected chi connectivity index (χ4v) is 4.10. The molecule has 0 radical (unpaired) electrons. The maximum atomic E-state index is 12.7. The third kappa shape index (κ3) is 7.16. The first-order valence-electron chi connectivity index (χ1n) is 13.1. The summed E-state index contributed by atoms with van der Waals surface area (Å²) >= 11 is 0. The second-order valence-electron chi connectivity index (χ2n) is 9.19. The van der Waals surface area contributed by atoms with E-state index >= 15 is 0 Å². The van der Waals surface area contributed by atoms with Crippen LogP contribution >= 0.6 is 0 Å². The average Bonchev–Trinajstić information content (AvgIpc) is 3.02. The first-order chi connectivity index (χ1) is 20.1. The normalized spacial score (nSPS) is 11.6. The van der Waals surface area contributed by atoms with Crippen molar-refractivity contribution in [3.63, 3.8) is 0 Å². The van der Waals surface area contributed by atoms with E-state index in [2.05, 4.69) is 10.5 Å². The van der Waals surface area contributed by atoms with E-state index in [1.54, 1.807) is 61.5 Å². The number of ether oxygens (including phenoxy) is 3. The predicted molar refractivity (Wildman–Crippen MR) is 158 cm³/mol. The molecular formula is C34H28N2O5. The van der Waals surface area contributed by atoms with Crippen LogP contribution in [0.5, 0.6) is 17.2 Å². The topological polar surface area (TPSA) is 86.2 Å². The molecule has 1 N–H and O–H groups in total. The van der Waals surface area contributed by atoms with Gasteiger partial charge < -0.3 is 14.2 Å². The van der Waals surface area contributed by atoms with Crippen molar-refractivity contribution in [2.75, 3.05) is 0 Å². The number of rotatable bonds is 10. The molecule has 0 saturated heterocycles. The number of benzene rings is 5. The molecule has 0 aromatic heterocycles. The van der Waals surface area contributed by atoms with Gasteiger partial charge in [0.05, 0.1) is 11.8 Å². The highest BCUT2D eigenvalue weighted by Crippen LogP contribution is 2.27. The molecule has 1 atom stereocenters. The summed E-state index contributed by atoms with van der Waals surface area (Å²) in [5.74, 6) is 0.621. The molecule has 5 rings (SSSR count). The summed E-state index contributed by atoms with van der Waals surface area (Å²) < 4.78 is 17.3. The van der Waals surface area contributed by atoms with Crippen LogP contribution in [-0.4, -0.2) is 24.2 Å². The highest BCUT2D eigenvalue weighted by molar-refractivity contribution is 6.04. The number of nitrogens with one attached hydrogen (secondary N) is 1. The van der Waals surface area contributed by atoms with Crippen molar-refractivity contribution in [2.45, 2.75) is 19.6 Å². The zero-order valence-electron chi connectivity index (χ0n) is 22.4. The lowest BCUT2D eigenvalue weighted by Gasteiger charge is -2.14. The molecule has 7 heteroatoms. The van der Waals surface area contributed by atoms with Crippen LogP contribution in [-0.2, 0) is 11.4 Å². The molecular weight excluding hydrogens is 516 g/mol. The number of amides is 1. The van der Waals surface area contributed by atoms with Gasteiger partial charge in [-0.1, -0.05) is 78.9 Å². The number of carbonyl (C=O) groups is 2. The Kier molecular flexibility index (Phi) is 8.66. The summed E-state index contributed by atoms with van der Waals surface area (Å²) in [6, 6.07) is 36.9. The third-order valence-electron chi connectivity index (χ3n) is 6.27. The Bertz CT molecular complexity index is 1650. The molecule has 0 heterocycles. The van der Waals surface area contributed by atoms with Crippen LogP contribution in [0.3, 0.4) is 0 Å². The number of hydrazone groups is 1. The Labute approximate surface area is 238 Å². The van der Waals surface area contributed by atoms with Crippen molar-refractivity contribution in [1.82, 2.24) is 5.43 Å².